The van der Waals surface area contributed by atoms with E-state index in [9.17, 15) is 9.90 Å². The average Bonchev–Trinajstić information content (AvgIpc) is 3.10. The number of ether oxygens (including phenoxy) is 1. The first-order chi connectivity index (χ1) is 18.4. The Labute approximate surface area is 250 Å². The minimum atomic E-state index is -1.99. The maximum atomic E-state index is 11.4. The second-order valence-corrected chi connectivity index (χ2v) is 24.8. The van der Waals surface area contributed by atoms with Gasteiger partial charge in [-0.15, -0.1) is 0 Å². The first kappa shape index (κ1) is 37.5. The van der Waals surface area contributed by atoms with Crippen LogP contribution in [-0.2, 0) is 18.4 Å². The summed E-state index contributed by atoms with van der Waals surface area (Å²) in [5, 5.41) is 11.6. The molecular formula is C33H66O5Si2. The third-order valence-electron chi connectivity index (χ3n) is 9.93. The smallest absolute Gasteiger partial charge is 0.305 e. The molecule has 1 fully saturated rings. The number of rotatable bonds is 17. The zero-order valence-corrected chi connectivity index (χ0v) is 30.4. The summed E-state index contributed by atoms with van der Waals surface area (Å²) < 4.78 is 18.7. The van der Waals surface area contributed by atoms with Crippen molar-refractivity contribution in [1.82, 2.24) is 0 Å². The number of carbonyl (C=O) groups is 1. The maximum absolute atomic E-state index is 11.4. The van der Waals surface area contributed by atoms with Gasteiger partial charge in [-0.05, 0) is 67.9 Å². The lowest BCUT2D eigenvalue weighted by molar-refractivity contribution is -0.140. The largest absolute Gasteiger partial charge is 0.469 e. The predicted octanol–water partition coefficient (Wildman–Crippen LogP) is 9.41. The summed E-state index contributed by atoms with van der Waals surface area (Å²) in [6.45, 7) is 25.4. The normalized spacial score (nSPS) is 23.6. The van der Waals surface area contributed by atoms with Crippen LogP contribution >= 0.6 is 0 Å². The molecule has 0 unspecified atom stereocenters. The molecule has 0 aromatic heterocycles. The zero-order chi connectivity index (χ0) is 30.8. The van der Waals surface area contributed by atoms with Crippen molar-refractivity contribution in [2.45, 2.75) is 174 Å². The standard InChI is InChI=1S/C33H66O5Si2/c1-13-14-17-20-26(37-39(9,10)32(2,3)4)23-24-28-27(21-18-15-16-19-22-31(35)36-8)29(34)25-30(28)38-40(11,12)33(5,6)7/h23-24,26-30,34H,13-22,25H2,1-12H3/b24-23+/t26-,27-,28+,29+,30+/m0/s1. The average molecular weight is 599 g/mol. The lowest BCUT2D eigenvalue weighted by Gasteiger charge is -2.40. The van der Waals surface area contributed by atoms with Crippen molar-refractivity contribution in [2.24, 2.45) is 11.8 Å². The van der Waals surface area contributed by atoms with Crippen molar-refractivity contribution in [3.8, 4) is 0 Å². The SMILES string of the molecule is CCCCC[C@@H](/C=C/[C@@H]1[C@H](CCCCCCC(=O)OC)[C@H](O)C[C@H]1O[Si](C)(C)C(C)(C)C)O[Si](C)(C)C(C)(C)C. The summed E-state index contributed by atoms with van der Waals surface area (Å²) in [4.78, 5) is 11.4. The van der Waals surface area contributed by atoms with E-state index in [0.717, 1.165) is 38.5 Å². The monoisotopic (exact) mass is 598 g/mol. The van der Waals surface area contributed by atoms with Crippen LogP contribution < -0.4 is 0 Å². The van der Waals surface area contributed by atoms with Crippen LogP contribution in [0.4, 0.5) is 0 Å². The third kappa shape index (κ3) is 12.0. The van der Waals surface area contributed by atoms with E-state index < -0.39 is 16.6 Å². The van der Waals surface area contributed by atoms with Crippen molar-refractivity contribution < 1.29 is 23.5 Å². The van der Waals surface area contributed by atoms with Gasteiger partial charge < -0.3 is 18.7 Å². The Bertz CT molecular complexity index is 766. The van der Waals surface area contributed by atoms with Crippen molar-refractivity contribution in [3.05, 3.63) is 12.2 Å². The first-order valence-corrected chi connectivity index (χ1v) is 22.0. The molecule has 236 valence electrons. The fourth-order valence-corrected chi connectivity index (χ4v) is 7.81. The van der Waals surface area contributed by atoms with E-state index in [1.54, 1.807) is 0 Å². The third-order valence-corrected chi connectivity index (χ3v) is 18.9. The topological polar surface area (TPSA) is 65.0 Å². The number of esters is 1. The molecule has 1 aliphatic carbocycles. The van der Waals surface area contributed by atoms with Gasteiger partial charge in [-0.1, -0.05) is 99.1 Å². The molecule has 5 nitrogen and oxygen atoms in total. The molecule has 40 heavy (non-hydrogen) atoms. The van der Waals surface area contributed by atoms with Gasteiger partial charge in [0.05, 0.1) is 25.4 Å². The second kappa shape index (κ2) is 16.4. The van der Waals surface area contributed by atoms with Gasteiger partial charge in [0.25, 0.3) is 0 Å². The Morgan fingerprint density at radius 3 is 2.08 bits per heavy atom. The maximum Gasteiger partial charge on any atom is 0.305 e. The number of aliphatic hydroxyl groups excluding tert-OH is 1. The summed E-state index contributed by atoms with van der Waals surface area (Å²) >= 11 is 0. The van der Waals surface area contributed by atoms with E-state index in [2.05, 4.69) is 86.8 Å². The summed E-state index contributed by atoms with van der Waals surface area (Å²) in [5.41, 5.74) is 0. The highest BCUT2D eigenvalue weighted by Gasteiger charge is 2.47. The van der Waals surface area contributed by atoms with Gasteiger partial charge in [0.15, 0.2) is 16.6 Å². The molecule has 1 N–H and O–H groups in total. The minimum absolute atomic E-state index is 0.0422. The Morgan fingerprint density at radius 2 is 1.52 bits per heavy atom. The van der Waals surface area contributed by atoms with E-state index in [0.29, 0.717) is 12.8 Å². The first-order valence-electron chi connectivity index (χ1n) is 16.1. The van der Waals surface area contributed by atoms with Crippen LogP contribution in [0.25, 0.3) is 0 Å². The van der Waals surface area contributed by atoms with Crippen LogP contribution in [0.3, 0.4) is 0 Å². The lowest BCUT2D eigenvalue weighted by Crippen LogP contribution is -2.45. The molecule has 0 aromatic carbocycles. The molecule has 0 aliphatic heterocycles. The van der Waals surface area contributed by atoms with Crippen LogP contribution in [0.1, 0.15) is 119 Å². The van der Waals surface area contributed by atoms with Gasteiger partial charge in [-0.2, -0.15) is 0 Å². The van der Waals surface area contributed by atoms with E-state index >= 15 is 0 Å². The van der Waals surface area contributed by atoms with Crippen molar-refractivity contribution >= 4 is 22.6 Å². The molecule has 0 aromatic rings. The number of unbranched alkanes of at least 4 members (excludes halogenated alkanes) is 5. The van der Waals surface area contributed by atoms with Crippen LogP contribution in [0.5, 0.6) is 0 Å². The molecule has 0 saturated heterocycles. The fourth-order valence-electron chi connectivity index (χ4n) is 5.14. The van der Waals surface area contributed by atoms with Crippen LogP contribution in [-0.4, -0.2) is 53.1 Å². The van der Waals surface area contributed by atoms with Gasteiger partial charge in [0.1, 0.15) is 0 Å². The summed E-state index contributed by atoms with van der Waals surface area (Å²) in [6.07, 6.45) is 15.3. The highest BCUT2D eigenvalue weighted by Crippen LogP contribution is 2.45. The molecule has 0 bridgehead atoms. The lowest BCUT2D eigenvalue weighted by atomic mass is 9.88. The summed E-state index contributed by atoms with van der Waals surface area (Å²) in [7, 11) is -2.46. The Kier molecular flexibility index (Phi) is 15.4. The van der Waals surface area contributed by atoms with Crippen LogP contribution in [0, 0.1) is 11.8 Å². The fraction of sp³-hybridized carbons (Fsp3) is 0.909. The molecule has 1 rings (SSSR count). The van der Waals surface area contributed by atoms with E-state index in [4.69, 9.17) is 13.6 Å². The predicted molar refractivity (Wildman–Crippen MR) is 175 cm³/mol. The summed E-state index contributed by atoms with van der Waals surface area (Å²) in [6, 6.07) is 0. The molecule has 7 heteroatoms. The molecule has 1 aliphatic rings. The number of carbonyl (C=O) groups excluding carboxylic acids is 1. The number of aliphatic hydroxyl groups is 1. The van der Waals surface area contributed by atoms with Gasteiger partial charge in [0.2, 0.25) is 0 Å². The van der Waals surface area contributed by atoms with E-state index in [-0.39, 0.29) is 46.2 Å². The van der Waals surface area contributed by atoms with Crippen molar-refractivity contribution in [2.75, 3.05) is 7.11 Å². The highest BCUT2D eigenvalue weighted by atomic mass is 28.4. The Balaban J connectivity index is 3.13. The quantitative estimate of drug-likeness (QED) is 0.0782. The molecule has 0 amide bonds. The molecule has 1 saturated carbocycles. The molecule has 0 radical (unpaired) electrons. The van der Waals surface area contributed by atoms with E-state index in [1.165, 1.54) is 26.4 Å². The molecular weight excluding hydrogens is 533 g/mol. The van der Waals surface area contributed by atoms with Crippen molar-refractivity contribution in [3.63, 3.8) is 0 Å². The molecule has 5 atom stereocenters. The van der Waals surface area contributed by atoms with Crippen LogP contribution in [0.2, 0.25) is 36.3 Å². The van der Waals surface area contributed by atoms with E-state index in [1.807, 2.05) is 0 Å². The number of hydrogen-bond acceptors (Lipinski definition) is 5. The highest BCUT2D eigenvalue weighted by molar-refractivity contribution is 6.74. The minimum Gasteiger partial charge on any atom is -0.469 e. The van der Waals surface area contributed by atoms with Crippen LogP contribution in [0.15, 0.2) is 12.2 Å². The van der Waals surface area contributed by atoms with Gasteiger partial charge >= 0.3 is 5.97 Å². The Hall–Kier alpha value is -0.476. The molecule has 0 spiro atoms. The summed E-state index contributed by atoms with van der Waals surface area (Å²) in [5.74, 6) is 0.252. The zero-order valence-electron chi connectivity index (χ0n) is 28.4. The molecule has 0 heterocycles. The van der Waals surface area contributed by atoms with Gasteiger partial charge in [-0.3, -0.25) is 4.79 Å². The van der Waals surface area contributed by atoms with Gasteiger partial charge in [0, 0.05) is 12.3 Å². The number of methoxy groups -OCH3 is 1. The van der Waals surface area contributed by atoms with Gasteiger partial charge in [-0.25, -0.2) is 0 Å². The number of hydrogen-bond donors (Lipinski definition) is 1. The second-order valence-electron chi connectivity index (χ2n) is 15.3. The van der Waals surface area contributed by atoms with Crippen molar-refractivity contribution in [1.29, 1.82) is 0 Å². The Morgan fingerprint density at radius 1 is 0.925 bits per heavy atom.